The molecule has 0 saturated carbocycles. The van der Waals surface area contributed by atoms with E-state index in [1.54, 1.807) is 37.7 Å². The van der Waals surface area contributed by atoms with Gasteiger partial charge in [0.05, 0.1) is 77.1 Å². The fraction of sp³-hybridized carbons (Fsp3) is 0.259. The smallest absolute Gasteiger partial charge is 0.212 e. The van der Waals surface area contributed by atoms with Gasteiger partial charge in [-0.15, -0.1) is 13.2 Å². The lowest BCUT2D eigenvalue weighted by atomic mass is 9.82. The molecule has 0 spiro atoms. The number of hydrogen-bond donors (Lipinski definition) is 0. The van der Waals surface area contributed by atoms with Gasteiger partial charge in [0, 0.05) is 98.9 Å². The predicted molar refractivity (Wildman–Crippen MR) is 575 cm³/mol. The molecule has 135 heavy (non-hydrogen) atoms. The summed E-state index contributed by atoms with van der Waals surface area (Å²) < 4.78 is 21.8. The summed E-state index contributed by atoms with van der Waals surface area (Å²) in [6, 6.07) is 105. The second-order valence-corrected chi connectivity index (χ2v) is 39.1. The van der Waals surface area contributed by atoms with Crippen LogP contribution in [0.3, 0.4) is 0 Å². The van der Waals surface area contributed by atoms with Crippen LogP contribution in [0.15, 0.2) is 374 Å². The summed E-state index contributed by atoms with van der Waals surface area (Å²) in [5, 5.41) is 33.6. The quantitative estimate of drug-likeness (QED) is 0.0226. The Bertz CT molecular complexity index is 6570. The lowest BCUT2D eigenvalue weighted by Crippen LogP contribution is -2.31. The SMILES string of the molecule is C=CCN(/N=C/C1=[N+](C)c2ccccc2C1(C)C)c1ccc(OC)cc1.C=CCN(/N=C/C1=[N+](C)c2ccccc2C1(C)C)c1ccccc1Sc1ccccc1.CC(C)c1ccc(N(C)/N=C/C2=[N+](C)c3ccccc3C2(C)C)cc1.CN(/N=C/C1=[N+](C)c2ccccc2C1(C)C)c1ccccc1Sc1ccccc1.COc1ccccc1N(C)/N=C/C1=[N+](C)c2ccccc2C1(C)C. The zero-order chi connectivity index (χ0) is 96.5. The van der Waals surface area contributed by atoms with Gasteiger partial charge in [-0.25, -0.2) is 0 Å². The molecule has 0 aliphatic carbocycles. The van der Waals surface area contributed by atoms with Crippen LogP contribution in [0.25, 0.3) is 0 Å². The van der Waals surface area contributed by atoms with Crippen LogP contribution in [0.4, 0.5) is 56.9 Å². The first-order valence-corrected chi connectivity index (χ1v) is 47.6. The molecule has 0 bridgehead atoms. The maximum atomic E-state index is 5.42. The van der Waals surface area contributed by atoms with Crippen molar-refractivity contribution >= 4 is 140 Å². The molecule has 0 radical (unpaired) electrons. The fourth-order valence-electron chi connectivity index (χ4n) is 18.2. The minimum atomic E-state index is -0.104. The van der Waals surface area contributed by atoms with Crippen LogP contribution in [0, 0.1) is 0 Å². The highest BCUT2D eigenvalue weighted by Crippen LogP contribution is 2.45. The van der Waals surface area contributed by atoms with Crippen molar-refractivity contribution < 1.29 is 32.4 Å². The first-order chi connectivity index (χ1) is 64.8. The number of anilines is 5. The van der Waals surface area contributed by atoms with E-state index in [0.717, 1.165) is 39.9 Å². The van der Waals surface area contributed by atoms with Gasteiger partial charge in [0.1, 0.15) is 83.5 Å². The van der Waals surface area contributed by atoms with E-state index in [1.165, 1.54) is 110 Å². The van der Waals surface area contributed by atoms with E-state index in [0.29, 0.717) is 19.0 Å². The Hall–Kier alpha value is -13.9. The van der Waals surface area contributed by atoms with Crippen molar-refractivity contribution in [3.8, 4) is 11.5 Å². The minimum absolute atomic E-state index is 0.0445. The van der Waals surface area contributed by atoms with Crippen molar-refractivity contribution in [3.05, 3.63) is 362 Å². The first-order valence-electron chi connectivity index (χ1n) is 46.0. The molecule has 12 aromatic rings. The van der Waals surface area contributed by atoms with Crippen LogP contribution in [-0.4, -0.2) is 166 Å². The topological polar surface area (TPSA) is 112 Å². The normalized spacial score (nSPS) is 15.3. The standard InChI is InChI=1S/C27H28N3S.C25H26N3S.C22H26N3O.C22H28N3.C20H24N3O/c1-5-19-30(24-17-11-12-18-25(24)31-21-13-7-6-8-14-21)28-20-26-27(2,3)22-15-9-10-16-23(22)29(26)4;1-25(2)20-14-8-9-15-21(20)27(3)24(25)18-26-28(4)22-16-10-11-17-23(22)29-19-12-6-5-7-13-19;1-6-15-25(17-11-13-18(26-5)14-12-17)23-16-21-22(2,3)19-9-7-8-10-20(19)24(21)4;1-16(2)17-11-13-18(14-12-17)25(6)23-15-21-22(3,4)19-9-7-8-10-20(19)24(21)5;1-20(2)15-10-6-7-11-16(15)22(3)19(20)14-21-23(4)17-12-8-9-13-18(17)24-5/h5-18,20H,1,19H2,2-4H3;5-18H,1-4H3;6-14,16H,1,15H2,2-5H3;7-16H,1-6H3;6-14H,1-5H3/q5*+1. The van der Waals surface area contributed by atoms with Crippen molar-refractivity contribution in [1.29, 1.82) is 0 Å². The molecule has 0 unspecified atom stereocenters. The summed E-state index contributed by atoms with van der Waals surface area (Å²) in [6.45, 7) is 36.0. The molecule has 12 aromatic carbocycles. The molecule has 5 aliphatic heterocycles. The number of benzene rings is 12. The van der Waals surface area contributed by atoms with Crippen molar-refractivity contribution in [2.24, 2.45) is 25.5 Å². The number of hydrazone groups is 5. The van der Waals surface area contributed by atoms with E-state index in [-0.39, 0.29) is 27.1 Å². The second-order valence-electron chi connectivity index (χ2n) is 36.8. The molecule has 0 amide bonds. The Morgan fingerprint density at radius 3 is 0.956 bits per heavy atom. The molecule has 0 fully saturated rings. The summed E-state index contributed by atoms with van der Waals surface area (Å²) in [5.74, 6) is 2.19. The first kappa shape index (κ1) is 98.6. The highest BCUT2D eigenvalue weighted by Gasteiger charge is 2.48. The minimum Gasteiger partial charge on any atom is -0.497 e. The maximum absolute atomic E-state index is 5.42. The van der Waals surface area contributed by atoms with Crippen molar-refractivity contribution in [1.82, 2.24) is 0 Å². The summed E-state index contributed by atoms with van der Waals surface area (Å²) in [4.78, 5) is 4.78. The van der Waals surface area contributed by atoms with Crippen LogP contribution >= 0.6 is 23.5 Å². The van der Waals surface area contributed by atoms with E-state index >= 15 is 0 Å². The number of ether oxygens (including phenoxy) is 2. The van der Waals surface area contributed by atoms with Crippen molar-refractivity contribution in [3.63, 3.8) is 0 Å². The monoisotopic (exact) mass is 1830 g/mol. The second kappa shape index (κ2) is 43.4. The number of methoxy groups -OCH3 is 2. The number of fused-ring (bicyclic) bond motifs is 5. The molecule has 19 heteroatoms. The zero-order valence-electron chi connectivity index (χ0n) is 82.7. The summed E-state index contributed by atoms with van der Waals surface area (Å²) >= 11 is 3.51. The van der Waals surface area contributed by atoms with Crippen LogP contribution in [-0.2, 0) is 27.1 Å². The summed E-state index contributed by atoms with van der Waals surface area (Å²) in [7, 11) is 19.8. The molecule has 0 saturated heterocycles. The third kappa shape index (κ3) is 21.8. The van der Waals surface area contributed by atoms with Gasteiger partial charge in [-0.05, 0) is 178 Å². The third-order valence-electron chi connectivity index (χ3n) is 26.0. The van der Waals surface area contributed by atoms with Crippen LogP contribution in [0.5, 0.6) is 11.5 Å². The maximum Gasteiger partial charge on any atom is 0.212 e. The molecule has 5 heterocycles. The number of nitrogens with zero attached hydrogens (tertiary/aromatic N) is 15. The largest absolute Gasteiger partial charge is 0.497 e. The van der Waals surface area contributed by atoms with Gasteiger partial charge < -0.3 is 9.47 Å². The van der Waals surface area contributed by atoms with E-state index < -0.39 is 0 Å². The van der Waals surface area contributed by atoms with Crippen molar-refractivity contribution in [2.45, 2.75) is 136 Å². The Kier molecular flexibility index (Phi) is 31.7. The Balaban J connectivity index is 0.000000143. The van der Waals surface area contributed by atoms with E-state index in [1.807, 2.05) is 150 Å². The lowest BCUT2D eigenvalue weighted by molar-refractivity contribution is -0.400. The van der Waals surface area contributed by atoms with Gasteiger partial charge in [0.15, 0.2) is 0 Å². The van der Waals surface area contributed by atoms with Gasteiger partial charge >= 0.3 is 0 Å². The van der Waals surface area contributed by atoms with Gasteiger partial charge in [-0.1, -0.05) is 225 Å². The fourth-order valence-corrected chi connectivity index (χ4v) is 20.2. The predicted octanol–water partition coefficient (Wildman–Crippen LogP) is 25.6. The third-order valence-corrected chi connectivity index (χ3v) is 28.2. The van der Waals surface area contributed by atoms with Crippen molar-refractivity contribution in [2.75, 3.05) is 109 Å². The van der Waals surface area contributed by atoms with Crippen LogP contribution in [0.1, 0.15) is 122 Å². The number of rotatable bonds is 26. The molecule has 17 nitrogen and oxygen atoms in total. The Labute approximate surface area is 810 Å². The molecule has 0 atom stereocenters. The molecule has 0 N–H and O–H groups in total. The zero-order valence-corrected chi connectivity index (χ0v) is 84.3. The highest BCUT2D eigenvalue weighted by atomic mass is 32.2. The number of para-hydroxylation sites is 9. The molecule has 690 valence electrons. The average Bonchev–Trinajstić information content (AvgIpc) is 1.62. The van der Waals surface area contributed by atoms with Gasteiger partial charge in [0.2, 0.25) is 57.0 Å². The van der Waals surface area contributed by atoms with Crippen LogP contribution in [0.2, 0.25) is 0 Å². The Morgan fingerprint density at radius 1 is 0.311 bits per heavy atom. The van der Waals surface area contributed by atoms with Gasteiger partial charge in [-0.3, -0.25) is 25.0 Å². The van der Waals surface area contributed by atoms with Gasteiger partial charge in [-0.2, -0.15) is 48.4 Å². The molecule has 17 rings (SSSR count). The highest BCUT2D eigenvalue weighted by molar-refractivity contribution is 7.99. The molecule has 5 aliphatic rings. The summed E-state index contributed by atoms with van der Waals surface area (Å²) in [6.07, 6.45) is 13.7. The average molecular weight is 1830 g/mol. The number of hydrogen-bond acceptors (Lipinski definition) is 14. The van der Waals surface area contributed by atoms with Gasteiger partial charge in [0.25, 0.3) is 0 Å². The Morgan fingerprint density at radius 2 is 0.600 bits per heavy atom. The lowest BCUT2D eigenvalue weighted by Gasteiger charge is -2.21. The summed E-state index contributed by atoms with van der Waals surface area (Å²) in [5.41, 5.74) is 25.0. The van der Waals surface area contributed by atoms with E-state index in [9.17, 15) is 0 Å². The van der Waals surface area contributed by atoms with E-state index in [4.69, 9.17) is 29.9 Å². The molecule has 0 aromatic heterocycles. The van der Waals surface area contributed by atoms with Crippen LogP contribution < -0.4 is 34.5 Å². The molecular formula is C116H132N15O2S2+5. The van der Waals surface area contributed by atoms with E-state index in [2.05, 4.69) is 402 Å². The molecular weight excluding hydrogens is 1700 g/mol.